The van der Waals surface area contributed by atoms with Crippen molar-refractivity contribution in [2.24, 2.45) is 5.41 Å². The average molecular weight is 280 g/mol. The third-order valence-electron chi connectivity index (χ3n) is 4.80. The number of aliphatic hydroxyl groups is 1. The molecule has 1 N–H and O–H groups in total. The lowest BCUT2D eigenvalue weighted by Crippen LogP contribution is -2.30. The van der Waals surface area contributed by atoms with Crippen molar-refractivity contribution in [2.45, 2.75) is 63.9 Å². The Bertz CT molecular complexity index is 448. The van der Waals surface area contributed by atoms with Gasteiger partial charge < -0.3 is 14.4 Å². The SMILES string of the molecule is CC1(C)CCC(c2noc(C3COCCC3O)n2)CC1. The summed E-state index contributed by atoms with van der Waals surface area (Å²) in [7, 11) is 0. The van der Waals surface area contributed by atoms with Crippen LogP contribution in [-0.2, 0) is 4.74 Å². The monoisotopic (exact) mass is 280 g/mol. The number of nitrogens with zero attached hydrogens (tertiary/aromatic N) is 2. The maximum atomic E-state index is 10.0. The molecule has 1 aliphatic carbocycles. The average Bonchev–Trinajstić information content (AvgIpc) is 2.88. The summed E-state index contributed by atoms with van der Waals surface area (Å²) in [5, 5.41) is 14.1. The van der Waals surface area contributed by atoms with Crippen molar-refractivity contribution in [1.82, 2.24) is 10.1 Å². The van der Waals surface area contributed by atoms with Crippen molar-refractivity contribution >= 4 is 0 Å². The van der Waals surface area contributed by atoms with Gasteiger partial charge in [0.25, 0.3) is 0 Å². The smallest absolute Gasteiger partial charge is 0.234 e. The minimum atomic E-state index is -0.428. The van der Waals surface area contributed by atoms with E-state index in [2.05, 4.69) is 24.0 Å². The molecule has 20 heavy (non-hydrogen) atoms. The molecule has 0 radical (unpaired) electrons. The number of ether oxygens (including phenoxy) is 1. The summed E-state index contributed by atoms with van der Waals surface area (Å²) in [5.74, 6) is 1.59. The Kier molecular flexibility index (Phi) is 3.82. The number of rotatable bonds is 2. The summed E-state index contributed by atoms with van der Waals surface area (Å²) in [5.41, 5.74) is 0.441. The molecule has 5 heteroatoms. The minimum Gasteiger partial charge on any atom is -0.392 e. The molecule has 5 nitrogen and oxygen atoms in total. The maximum absolute atomic E-state index is 10.0. The molecule has 2 aliphatic rings. The number of hydrogen-bond acceptors (Lipinski definition) is 5. The Morgan fingerprint density at radius 2 is 1.95 bits per heavy atom. The number of aliphatic hydroxyl groups excluding tert-OH is 1. The van der Waals surface area contributed by atoms with Crippen molar-refractivity contribution in [3.05, 3.63) is 11.7 Å². The molecule has 112 valence electrons. The van der Waals surface area contributed by atoms with Gasteiger partial charge >= 0.3 is 0 Å². The van der Waals surface area contributed by atoms with Crippen LogP contribution >= 0.6 is 0 Å². The van der Waals surface area contributed by atoms with E-state index in [0.29, 0.717) is 36.9 Å². The molecule has 2 heterocycles. The molecular weight excluding hydrogens is 256 g/mol. The molecule has 1 aromatic rings. The first-order valence-electron chi connectivity index (χ1n) is 7.64. The Morgan fingerprint density at radius 3 is 2.65 bits per heavy atom. The zero-order valence-corrected chi connectivity index (χ0v) is 12.3. The summed E-state index contributed by atoms with van der Waals surface area (Å²) in [6.45, 7) is 5.72. The first-order chi connectivity index (χ1) is 9.55. The number of aromatic nitrogens is 2. The van der Waals surface area contributed by atoms with Crippen LogP contribution in [0.4, 0.5) is 0 Å². The highest BCUT2D eigenvalue weighted by Crippen LogP contribution is 2.41. The fourth-order valence-corrected chi connectivity index (χ4v) is 3.18. The second-order valence-corrected chi connectivity index (χ2v) is 6.97. The van der Waals surface area contributed by atoms with Crippen LogP contribution in [-0.4, -0.2) is 34.6 Å². The zero-order chi connectivity index (χ0) is 14.2. The van der Waals surface area contributed by atoms with Gasteiger partial charge in [0.15, 0.2) is 5.82 Å². The lowest BCUT2D eigenvalue weighted by molar-refractivity contribution is -0.0149. The van der Waals surface area contributed by atoms with Crippen molar-refractivity contribution < 1.29 is 14.4 Å². The predicted octanol–water partition coefficient (Wildman–Crippen LogP) is 2.62. The van der Waals surface area contributed by atoms with Gasteiger partial charge in [0, 0.05) is 12.5 Å². The fraction of sp³-hybridized carbons (Fsp3) is 0.867. The summed E-state index contributed by atoms with van der Waals surface area (Å²) < 4.78 is 10.8. The van der Waals surface area contributed by atoms with E-state index in [9.17, 15) is 5.11 Å². The standard InChI is InChI=1S/C15H24N2O3/c1-15(2)6-3-10(4-7-15)13-16-14(20-17-13)11-9-19-8-5-12(11)18/h10-12,18H,3-9H2,1-2H3. The van der Waals surface area contributed by atoms with Crippen molar-refractivity contribution in [3.63, 3.8) is 0 Å². The van der Waals surface area contributed by atoms with Crippen LogP contribution < -0.4 is 0 Å². The van der Waals surface area contributed by atoms with E-state index in [1.165, 1.54) is 12.8 Å². The molecule has 0 bridgehead atoms. The van der Waals surface area contributed by atoms with Crippen molar-refractivity contribution in [3.8, 4) is 0 Å². The van der Waals surface area contributed by atoms with Gasteiger partial charge in [-0.25, -0.2) is 0 Å². The van der Waals surface area contributed by atoms with Crippen LogP contribution in [0, 0.1) is 5.41 Å². The predicted molar refractivity (Wildman–Crippen MR) is 73.5 cm³/mol. The van der Waals surface area contributed by atoms with E-state index >= 15 is 0 Å². The zero-order valence-electron chi connectivity index (χ0n) is 12.3. The summed E-state index contributed by atoms with van der Waals surface area (Å²) in [4.78, 5) is 4.54. The van der Waals surface area contributed by atoms with E-state index < -0.39 is 6.10 Å². The van der Waals surface area contributed by atoms with E-state index in [1.54, 1.807) is 0 Å². The molecule has 1 aliphatic heterocycles. The molecule has 2 fully saturated rings. The molecule has 2 unspecified atom stereocenters. The molecule has 2 atom stereocenters. The lowest BCUT2D eigenvalue weighted by Gasteiger charge is -2.32. The highest BCUT2D eigenvalue weighted by atomic mass is 16.5. The molecule has 0 amide bonds. The van der Waals surface area contributed by atoms with Gasteiger partial charge in [0.2, 0.25) is 5.89 Å². The molecule has 3 rings (SSSR count). The van der Waals surface area contributed by atoms with Gasteiger partial charge in [-0.3, -0.25) is 0 Å². The Balaban J connectivity index is 1.68. The number of hydrogen-bond donors (Lipinski definition) is 1. The molecule has 0 spiro atoms. The van der Waals surface area contributed by atoms with Crippen LogP contribution in [0.15, 0.2) is 4.52 Å². The van der Waals surface area contributed by atoms with Gasteiger partial charge in [0.05, 0.1) is 18.6 Å². The van der Waals surface area contributed by atoms with Crippen LogP contribution in [0.5, 0.6) is 0 Å². The topological polar surface area (TPSA) is 68.4 Å². The lowest BCUT2D eigenvalue weighted by atomic mass is 9.73. The molecule has 1 saturated heterocycles. The van der Waals surface area contributed by atoms with E-state index in [0.717, 1.165) is 18.7 Å². The van der Waals surface area contributed by atoms with Gasteiger partial charge in [-0.2, -0.15) is 4.98 Å². The third kappa shape index (κ3) is 2.88. The first kappa shape index (κ1) is 14.0. The van der Waals surface area contributed by atoms with Gasteiger partial charge in [-0.05, 0) is 37.5 Å². The van der Waals surface area contributed by atoms with Crippen molar-refractivity contribution in [1.29, 1.82) is 0 Å². The van der Waals surface area contributed by atoms with E-state index in [4.69, 9.17) is 9.26 Å². The quantitative estimate of drug-likeness (QED) is 0.902. The fourth-order valence-electron chi connectivity index (χ4n) is 3.18. The normalized spacial score (nSPS) is 31.4. The van der Waals surface area contributed by atoms with Crippen LogP contribution in [0.2, 0.25) is 0 Å². The van der Waals surface area contributed by atoms with E-state index in [-0.39, 0.29) is 5.92 Å². The van der Waals surface area contributed by atoms with Gasteiger partial charge in [-0.1, -0.05) is 19.0 Å². The van der Waals surface area contributed by atoms with Crippen molar-refractivity contribution in [2.75, 3.05) is 13.2 Å². The summed E-state index contributed by atoms with van der Waals surface area (Å²) in [6, 6.07) is 0. The summed E-state index contributed by atoms with van der Waals surface area (Å²) >= 11 is 0. The third-order valence-corrected chi connectivity index (χ3v) is 4.80. The van der Waals surface area contributed by atoms with Gasteiger partial charge in [0.1, 0.15) is 0 Å². The second kappa shape index (κ2) is 5.45. The highest BCUT2D eigenvalue weighted by Gasteiger charge is 2.33. The Morgan fingerprint density at radius 1 is 1.20 bits per heavy atom. The maximum Gasteiger partial charge on any atom is 0.234 e. The second-order valence-electron chi connectivity index (χ2n) is 6.97. The van der Waals surface area contributed by atoms with Crippen LogP contribution in [0.3, 0.4) is 0 Å². The molecule has 1 aromatic heterocycles. The minimum absolute atomic E-state index is 0.162. The van der Waals surface area contributed by atoms with Crippen LogP contribution in [0.25, 0.3) is 0 Å². The summed E-state index contributed by atoms with van der Waals surface area (Å²) in [6.07, 6.45) is 4.86. The largest absolute Gasteiger partial charge is 0.392 e. The highest BCUT2D eigenvalue weighted by molar-refractivity contribution is 5.03. The molecular formula is C15H24N2O3. The Hall–Kier alpha value is -0.940. The molecule has 0 aromatic carbocycles. The first-order valence-corrected chi connectivity index (χ1v) is 7.64. The van der Waals surface area contributed by atoms with E-state index in [1.807, 2.05) is 0 Å². The Labute approximate surface area is 119 Å². The molecule has 1 saturated carbocycles. The van der Waals surface area contributed by atoms with Crippen LogP contribution in [0.1, 0.15) is 69.5 Å². The van der Waals surface area contributed by atoms with Gasteiger partial charge in [-0.15, -0.1) is 0 Å².